The first-order chi connectivity index (χ1) is 16.5. The molecule has 0 aliphatic heterocycles. The highest BCUT2D eigenvalue weighted by molar-refractivity contribution is 6.30. The second-order valence-electron chi connectivity index (χ2n) is 7.23. The van der Waals surface area contributed by atoms with Crippen LogP contribution in [0.15, 0.2) is 70.3 Å². The Hall–Kier alpha value is -4.02. The second kappa shape index (κ2) is 10.3. The quantitative estimate of drug-likeness (QED) is 0.394. The number of hydrogen-bond donors (Lipinski definition) is 2. The standard InChI is InChI=1S/C23H21ClN6O4/c1-2-29-22(32)26-21(30(23(29)33)13-15-3-5-16(24)6-4-15)25-17-7-10-19(11-8-17)34-20-12-9-18(14-31)27-28-20/h3-12,31H,2,13-14H2,1H3,(H,25,26,32). The van der Waals surface area contributed by atoms with E-state index in [1.54, 1.807) is 55.5 Å². The molecule has 174 valence electrons. The van der Waals surface area contributed by atoms with Crippen LogP contribution in [-0.2, 0) is 19.7 Å². The molecular weight excluding hydrogens is 460 g/mol. The molecule has 0 spiro atoms. The predicted octanol–water partition coefficient (Wildman–Crippen LogP) is 2.94. The molecule has 0 aliphatic rings. The maximum atomic E-state index is 13.0. The van der Waals surface area contributed by atoms with Gasteiger partial charge in [0, 0.05) is 23.3 Å². The first-order valence-electron chi connectivity index (χ1n) is 10.4. The average molecular weight is 481 g/mol. The Labute approximate surface area is 199 Å². The highest BCUT2D eigenvalue weighted by Gasteiger charge is 2.13. The lowest BCUT2D eigenvalue weighted by atomic mass is 10.2. The maximum absolute atomic E-state index is 13.0. The summed E-state index contributed by atoms with van der Waals surface area (Å²) in [7, 11) is 0. The van der Waals surface area contributed by atoms with Crippen LogP contribution in [-0.4, -0.2) is 29.4 Å². The van der Waals surface area contributed by atoms with Crippen molar-refractivity contribution in [2.45, 2.75) is 26.6 Å². The number of halogens is 1. The van der Waals surface area contributed by atoms with Gasteiger partial charge in [-0.25, -0.2) is 14.2 Å². The normalized spacial score (nSPS) is 10.8. The summed E-state index contributed by atoms with van der Waals surface area (Å²) in [5.41, 5.74) is 0.764. The molecule has 0 aliphatic carbocycles. The van der Waals surface area contributed by atoms with Crippen LogP contribution in [0.1, 0.15) is 18.2 Å². The smallest absolute Gasteiger partial charge is 0.354 e. The molecule has 34 heavy (non-hydrogen) atoms. The summed E-state index contributed by atoms with van der Waals surface area (Å²) in [4.78, 5) is 29.4. The van der Waals surface area contributed by atoms with E-state index in [4.69, 9.17) is 21.4 Å². The van der Waals surface area contributed by atoms with Gasteiger partial charge in [-0.2, -0.15) is 4.98 Å². The third kappa shape index (κ3) is 5.30. The lowest BCUT2D eigenvalue weighted by Gasteiger charge is -2.15. The van der Waals surface area contributed by atoms with E-state index in [-0.39, 0.29) is 31.5 Å². The van der Waals surface area contributed by atoms with E-state index >= 15 is 0 Å². The molecule has 11 heteroatoms. The number of anilines is 2. The highest BCUT2D eigenvalue weighted by Crippen LogP contribution is 2.22. The summed E-state index contributed by atoms with van der Waals surface area (Å²) in [6, 6.07) is 17.1. The van der Waals surface area contributed by atoms with E-state index in [0.29, 0.717) is 22.2 Å². The van der Waals surface area contributed by atoms with Crippen molar-refractivity contribution >= 4 is 23.2 Å². The summed E-state index contributed by atoms with van der Waals surface area (Å²) in [6.45, 7) is 1.92. The second-order valence-corrected chi connectivity index (χ2v) is 7.67. The molecule has 10 nitrogen and oxygen atoms in total. The third-order valence-corrected chi connectivity index (χ3v) is 5.16. The number of hydrogen-bond acceptors (Lipinski definition) is 8. The van der Waals surface area contributed by atoms with E-state index in [0.717, 1.165) is 10.1 Å². The fraction of sp³-hybridized carbons (Fsp3) is 0.174. The molecule has 0 fully saturated rings. The molecule has 2 aromatic heterocycles. The van der Waals surface area contributed by atoms with Crippen LogP contribution in [0.4, 0.5) is 11.6 Å². The summed E-state index contributed by atoms with van der Waals surface area (Å²) in [5.74, 6) is 0.901. The Morgan fingerprint density at radius 3 is 2.32 bits per heavy atom. The summed E-state index contributed by atoms with van der Waals surface area (Å²) in [5, 5.41) is 20.4. The Morgan fingerprint density at radius 2 is 1.71 bits per heavy atom. The van der Waals surface area contributed by atoms with Crippen LogP contribution in [0.2, 0.25) is 5.02 Å². The zero-order valence-electron chi connectivity index (χ0n) is 18.2. The van der Waals surface area contributed by atoms with Gasteiger partial charge < -0.3 is 15.2 Å². The minimum absolute atomic E-state index is 0.119. The van der Waals surface area contributed by atoms with Crippen molar-refractivity contribution in [3.05, 3.63) is 97.9 Å². The van der Waals surface area contributed by atoms with Crippen LogP contribution in [0.5, 0.6) is 11.6 Å². The van der Waals surface area contributed by atoms with Crippen molar-refractivity contribution in [1.29, 1.82) is 0 Å². The van der Waals surface area contributed by atoms with Gasteiger partial charge in [0.05, 0.1) is 18.8 Å². The Bertz CT molecular complexity index is 1380. The number of benzene rings is 2. The van der Waals surface area contributed by atoms with Crippen LogP contribution in [0.25, 0.3) is 0 Å². The number of aliphatic hydroxyl groups is 1. The summed E-state index contributed by atoms with van der Waals surface area (Å²) >= 11 is 5.96. The van der Waals surface area contributed by atoms with Crippen LogP contribution in [0, 0.1) is 0 Å². The SMILES string of the molecule is CCn1c(=O)nc(Nc2ccc(Oc3ccc(CO)nn3)cc2)n(Cc2ccc(Cl)cc2)c1=O. The van der Waals surface area contributed by atoms with Crippen molar-refractivity contribution < 1.29 is 9.84 Å². The Kier molecular flexibility index (Phi) is 7.00. The van der Waals surface area contributed by atoms with E-state index in [2.05, 4.69) is 20.5 Å². The van der Waals surface area contributed by atoms with Gasteiger partial charge in [0.1, 0.15) is 5.75 Å². The van der Waals surface area contributed by atoms with E-state index in [1.165, 1.54) is 4.57 Å². The lowest BCUT2D eigenvalue weighted by Crippen LogP contribution is -2.42. The predicted molar refractivity (Wildman–Crippen MR) is 127 cm³/mol. The fourth-order valence-corrected chi connectivity index (χ4v) is 3.28. The number of ether oxygens (including phenoxy) is 1. The molecule has 4 aromatic rings. The van der Waals surface area contributed by atoms with Crippen LogP contribution < -0.4 is 21.4 Å². The van der Waals surface area contributed by atoms with Crippen LogP contribution >= 0.6 is 11.6 Å². The monoisotopic (exact) mass is 480 g/mol. The van der Waals surface area contributed by atoms with Gasteiger partial charge in [0.25, 0.3) is 0 Å². The summed E-state index contributed by atoms with van der Waals surface area (Å²) < 4.78 is 8.12. The zero-order chi connectivity index (χ0) is 24.1. The minimum atomic E-state index is -0.632. The molecule has 2 heterocycles. The number of aliphatic hydroxyl groups excluding tert-OH is 1. The molecule has 0 unspecified atom stereocenters. The van der Waals surface area contributed by atoms with E-state index < -0.39 is 11.4 Å². The maximum Gasteiger partial charge on any atom is 0.354 e. The largest absolute Gasteiger partial charge is 0.438 e. The number of nitrogens with zero attached hydrogens (tertiary/aromatic N) is 5. The van der Waals surface area contributed by atoms with Crippen molar-refractivity contribution in [1.82, 2.24) is 24.3 Å². The third-order valence-electron chi connectivity index (χ3n) is 4.91. The molecule has 0 radical (unpaired) electrons. The first kappa shape index (κ1) is 23.1. The van der Waals surface area contributed by atoms with E-state index in [1.807, 2.05) is 12.1 Å². The van der Waals surface area contributed by atoms with Gasteiger partial charge in [-0.1, -0.05) is 23.7 Å². The molecule has 2 N–H and O–H groups in total. The van der Waals surface area contributed by atoms with E-state index in [9.17, 15) is 9.59 Å². The van der Waals surface area contributed by atoms with Crippen molar-refractivity contribution in [2.75, 3.05) is 5.32 Å². The lowest BCUT2D eigenvalue weighted by molar-refractivity contribution is 0.274. The zero-order valence-corrected chi connectivity index (χ0v) is 18.9. The minimum Gasteiger partial charge on any atom is -0.438 e. The van der Waals surface area contributed by atoms with Crippen molar-refractivity contribution in [3.8, 4) is 11.6 Å². The molecule has 0 atom stereocenters. The molecule has 0 amide bonds. The van der Waals surface area contributed by atoms with Gasteiger partial charge in [0.15, 0.2) is 0 Å². The van der Waals surface area contributed by atoms with Crippen LogP contribution in [0.3, 0.4) is 0 Å². The molecular formula is C23H21ClN6O4. The van der Waals surface area contributed by atoms with Gasteiger partial charge in [-0.15, -0.1) is 10.2 Å². The molecule has 4 rings (SSSR count). The Balaban J connectivity index is 1.59. The van der Waals surface area contributed by atoms with Crippen molar-refractivity contribution in [3.63, 3.8) is 0 Å². The average Bonchev–Trinajstić information content (AvgIpc) is 2.84. The van der Waals surface area contributed by atoms with Gasteiger partial charge in [-0.05, 0) is 55.0 Å². The van der Waals surface area contributed by atoms with Gasteiger partial charge in [0.2, 0.25) is 11.8 Å². The number of aromatic nitrogens is 5. The number of nitrogens with one attached hydrogen (secondary N) is 1. The van der Waals surface area contributed by atoms with Crippen molar-refractivity contribution in [2.24, 2.45) is 0 Å². The highest BCUT2D eigenvalue weighted by atomic mass is 35.5. The first-order valence-corrected chi connectivity index (χ1v) is 10.8. The summed E-state index contributed by atoms with van der Waals surface area (Å²) in [6.07, 6.45) is 0. The topological polar surface area (TPSA) is 124 Å². The molecule has 0 bridgehead atoms. The Morgan fingerprint density at radius 1 is 0.971 bits per heavy atom. The van der Waals surface area contributed by atoms with Gasteiger partial charge in [-0.3, -0.25) is 4.57 Å². The molecule has 0 saturated heterocycles. The number of rotatable bonds is 8. The fourth-order valence-electron chi connectivity index (χ4n) is 3.15. The molecule has 0 saturated carbocycles. The molecule has 2 aromatic carbocycles. The van der Waals surface area contributed by atoms with Gasteiger partial charge >= 0.3 is 11.4 Å².